The summed E-state index contributed by atoms with van der Waals surface area (Å²) in [6.07, 6.45) is 15.5. The Morgan fingerprint density at radius 3 is 1.18 bits per heavy atom. The first kappa shape index (κ1) is 36.5. The lowest BCUT2D eigenvalue weighted by molar-refractivity contribution is -0.147. The molecule has 0 saturated heterocycles. The van der Waals surface area contributed by atoms with Gasteiger partial charge in [-0.3, -0.25) is 0 Å². The van der Waals surface area contributed by atoms with E-state index in [1.807, 2.05) is 0 Å². The van der Waals surface area contributed by atoms with E-state index in [0.29, 0.717) is 25.7 Å². The van der Waals surface area contributed by atoms with Crippen molar-refractivity contribution in [3.63, 3.8) is 0 Å². The number of unbranched alkanes of at least 4 members (excludes halogenated alkanes) is 12. The Labute approximate surface area is 236 Å². The molecule has 39 heavy (non-hydrogen) atoms. The van der Waals surface area contributed by atoms with Crippen molar-refractivity contribution in [1.29, 1.82) is 0 Å². The Bertz CT molecular complexity index is 698. The first-order valence-corrected chi connectivity index (χ1v) is 15.2. The van der Waals surface area contributed by atoms with Gasteiger partial charge in [0.05, 0.1) is 26.4 Å². The number of carbonyl (C=O) groups is 3. The van der Waals surface area contributed by atoms with Crippen LogP contribution in [0.4, 0.5) is 0 Å². The first-order chi connectivity index (χ1) is 18.9. The minimum atomic E-state index is -0.908. The zero-order valence-electron chi connectivity index (χ0n) is 25.0. The molecule has 0 heterocycles. The van der Waals surface area contributed by atoms with E-state index in [2.05, 4.69) is 27.7 Å². The molecule has 8 nitrogen and oxygen atoms in total. The maximum atomic E-state index is 12.9. The Morgan fingerprint density at radius 2 is 0.821 bits per heavy atom. The molecular weight excluding hydrogens is 500 g/mol. The number of aliphatic hydroxyl groups excluding tert-OH is 1. The summed E-state index contributed by atoms with van der Waals surface area (Å²) in [6, 6.07) is 0. The molecule has 0 aliphatic heterocycles. The van der Waals surface area contributed by atoms with E-state index in [0.717, 1.165) is 83.1 Å². The maximum absolute atomic E-state index is 12.9. The van der Waals surface area contributed by atoms with Crippen LogP contribution in [-0.4, -0.2) is 49.4 Å². The standard InChI is InChI=1S/C31H54O8/c1-5-9-13-17-21-36-28(32)26(29(33)37-22-18-14-10-6-2)25-27(30(34)38-23-19-15-11-7-3)31(35)39-24-20-16-12-8-4/h25,32H,5-24H2,1-4H3/b28-26+. The number of hydrogen-bond acceptors (Lipinski definition) is 8. The number of aliphatic hydroxyl groups is 1. The van der Waals surface area contributed by atoms with Crippen molar-refractivity contribution in [3.8, 4) is 0 Å². The average molecular weight is 555 g/mol. The summed E-state index contributed by atoms with van der Waals surface area (Å²) in [5, 5.41) is 10.6. The highest BCUT2D eigenvalue weighted by Crippen LogP contribution is 2.16. The third kappa shape index (κ3) is 19.2. The summed E-state index contributed by atoms with van der Waals surface area (Å²) in [5.74, 6) is -3.38. The fourth-order valence-electron chi connectivity index (χ4n) is 3.64. The summed E-state index contributed by atoms with van der Waals surface area (Å²) in [5.41, 5.74) is -0.873. The van der Waals surface area contributed by atoms with Crippen molar-refractivity contribution in [2.24, 2.45) is 0 Å². The van der Waals surface area contributed by atoms with E-state index < -0.39 is 35.0 Å². The molecule has 0 atom stereocenters. The largest absolute Gasteiger partial charge is 0.480 e. The molecule has 8 heteroatoms. The van der Waals surface area contributed by atoms with Crippen LogP contribution in [-0.2, 0) is 33.3 Å². The number of rotatable bonds is 25. The van der Waals surface area contributed by atoms with Gasteiger partial charge in [-0.05, 0) is 31.8 Å². The molecule has 0 spiro atoms. The second-order valence-electron chi connectivity index (χ2n) is 9.78. The van der Waals surface area contributed by atoms with Gasteiger partial charge >= 0.3 is 17.9 Å². The third-order valence-corrected chi connectivity index (χ3v) is 6.11. The van der Waals surface area contributed by atoms with Crippen molar-refractivity contribution < 1.29 is 38.4 Å². The van der Waals surface area contributed by atoms with E-state index in [-0.39, 0.29) is 26.4 Å². The van der Waals surface area contributed by atoms with E-state index in [9.17, 15) is 19.5 Å². The van der Waals surface area contributed by atoms with Crippen molar-refractivity contribution in [2.75, 3.05) is 26.4 Å². The van der Waals surface area contributed by atoms with Gasteiger partial charge in [0.2, 0.25) is 0 Å². The summed E-state index contributed by atoms with van der Waals surface area (Å²) in [4.78, 5) is 38.7. The van der Waals surface area contributed by atoms with Gasteiger partial charge < -0.3 is 24.1 Å². The highest BCUT2D eigenvalue weighted by atomic mass is 16.6. The van der Waals surface area contributed by atoms with Gasteiger partial charge in [-0.25, -0.2) is 14.4 Å². The van der Waals surface area contributed by atoms with Crippen LogP contribution in [0.3, 0.4) is 0 Å². The van der Waals surface area contributed by atoms with Crippen LogP contribution in [0.15, 0.2) is 23.2 Å². The molecular formula is C31H54O8. The third-order valence-electron chi connectivity index (χ3n) is 6.11. The van der Waals surface area contributed by atoms with Crippen LogP contribution in [0.2, 0.25) is 0 Å². The van der Waals surface area contributed by atoms with Gasteiger partial charge in [0.1, 0.15) is 11.1 Å². The molecule has 0 saturated carbocycles. The molecule has 0 aromatic heterocycles. The molecule has 0 bridgehead atoms. The smallest absolute Gasteiger partial charge is 0.345 e. The molecule has 0 aliphatic carbocycles. The summed E-state index contributed by atoms with van der Waals surface area (Å²) in [6.45, 7) is 8.95. The highest BCUT2D eigenvalue weighted by Gasteiger charge is 2.26. The van der Waals surface area contributed by atoms with Crippen LogP contribution >= 0.6 is 0 Å². The second-order valence-corrected chi connectivity index (χ2v) is 9.78. The quantitative estimate of drug-likeness (QED) is 0.0179. The Balaban J connectivity index is 5.80. The lowest BCUT2D eigenvalue weighted by Crippen LogP contribution is -2.21. The average Bonchev–Trinajstić information content (AvgIpc) is 2.92. The minimum absolute atomic E-state index is 0.140. The fraction of sp³-hybridized carbons (Fsp3) is 0.774. The van der Waals surface area contributed by atoms with Gasteiger partial charge in [0.15, 0.2) is 0 Å². The van der Waals surface area contributed by atoms with Crippen LogP contribution in [0, 0.1) is 0 Å². The number of esters is 3. The molecule has 0 radical (unpaired) electrons. The van der Waals surface area contributed by atoms with Crippen molar-refractivity contribution >= 4 is 17.9 Å². The van der Waals surface area contributed by atoms with Gasteiger partial charge in [-0.2, -0.15) is 0 Å². The van der Waals surface area contributed by atoms with E-state index in [4.69, 9.17) is 18.9 Å². The molecule has 0 aromatic carbocycles. The summed E-state index contributed by atoms with van der Waals surface area (Å²) >= 11 is 0. The second kappa shape index (κ2) is 25.8. The molecule has 0 rings (SSSR count). The van der Waals surface area contributed by atoms with Crippen LogP contribution in [0.1, 0.15) is 130 Å². The SMILES string of the molecule is CCCCCCOC(=O)C(=C/C(C(=O)OCCCCCC)=C(/O)OCCCCCC)C(=O)OCCCCCC. The van der Waals surface area contributed by atoms with Crippen molar-refractivity contribution in [2.45, 2.75) is 130 Å². The predicted octanol–water partition coefficient (Wildman–Crippen LogP) is 7.65. The Morgan fingerprint density at radius 1 is 0.487 bits per heavy atom. The van der Waals surface area contributed by atoms with E-state index >= 15 is 0 Å². The molecule has 0 aliphatic rings. The Kier molecular flexibility index (Phi) is 24.1. The van der Waals surface area contributed by atoms with Gasteiger partial charge in [-0.1, -0.05) is 105 Å². The van der Waals surface area contributed by atoms with Crippen molar-refractivity contribution in [3.05, 3.63) is 23.2 Å². The van der Waals surface area contributed by atoms with Crippen LogP contribution in [0.5, 0.6) is 0 Å². The Hall–Kier alpha value is -2.51. The lowest BCUT2D eigenvalue weighted by atomic mass is 10.1. The zero-order valence-corrected chi connectivity index (χ0v) is 25.0. The number of carbonyl (C=O) groups excluding carboxylic acids is 3. The molecule has 1 N–H and O–H groups in total. The predicted molar refractivity (Wildman–Crippen MR) is 153 cm³/mol. The van der Waals surface area contributed by atoms with Gasteiger partial charge in [0.25, 0.3) is 5.95 Å². The first-order valence-electron chi connectivity index (χ1n) is 15.2. The lowest BCUT2D eigenvalue weighted by Gasteiger charge is -2.12. The van der Waals surface area contributed by atoms with Crippen LogP contribution < -0.4 is 0 Å². The number of ether oxygens (including phenoxy) is 4. The molecule has 0 amide bonds. The minimum Gasteiger partial charge on any atom is -0.480 e. The zero-order chi connectivity index (χ0) is 29.1. The molecule has 0 fully saturated rings. The summed E-state index contributed by atoms with van der Waals surface area (Å²) in [7, 11) is 0. The molecule has 0 unspecified atom stereocenters. The summed E-state index contributed by atoms with van der Waals surface area (Å²) < 4.78 is 21.4. The normalized spacial score (nSPS) is 11.4. The number of hydrogen-bond donors (Lipinski definition) is 1. The fourth-order valence-corrected chi connectivity index (χ4v) is 3.64. The topological polar surface area (TPSA) is 108 Å². The molecule has 226 valence electrons. The maximum Gasteiger partial charge on any atom is 0.345 e. The monoisotopic (exact) mass is 554 g/mol. The molecule has 0 aromatic rings. The van der Waals surface area contributed by atoms with Gasteiger partial charge in [-0.15, -0.1) is 0 Å². The van der Waals surface area contributed by atoms with Crippen molar-refractivity contribution in [1.82, 2.24) is 0 Å². The van der Waals surface area contributed by atoms with Crippen LogP contribution in [0.25, 0.3) is 0 Å². The van der Waals surface area contributed by atoms with Gasteiger partial charge in [0, 0.05) is 0 Å². The van der Waals surface area contributed by atoms with E-state index in [1.54, 1.807) is 0 Å². The van der Waals surface area contributed by atoms with E-state index in [1.165, 1.54) is 0 Å². The highest BCUT2D eigenvalue weighted by molar-refractivity contribution is 6.15.